The minimum absolute atomic E-state index is 0.0237. The van der Waals surface area contributed by atoms with E-state index in [0.29, 0.717) is 22.1 Å². The highest BCUT2D eigenvalue weighted by Gasteiger charge is 2.28. The molecule has 0 bridgehead atoms. The zero-order valence-electron chi connectivity index (χ0n) is 15.8. The van der Waals surface area contributed by atoms with Crippen LogP contribution in [0.3, 0.4) is 0 Å². The van der Waals surface area contributed by atoms with Crippen molar-refractivity contribution in [3.05, 3.63) is 70.1 Å². The predicted octanol–water partition coefficient (Wildman–Crippen LogP) is 3.99. The Bertz CT molecular complexity index is 1020. The Morgan fingerprint density at radius 3 is 2.93 bits per heavy atom. The molecule has 144 valence electrons. The van der Waals surface area contributed by atoms with Gasteiger partial charge in [-0.05, 0) is 37.0 Å². The first-order valence-corrected chi connectivity index (χ1v) is 10.0. The number of hydrogen-bond donors (Lipinski definition) is 1. The van der Waals surface area contributed by atoms with E-state index < -0.39 is 0 Å². The molecule has 0 spiro atoms. The summed E-state index contributed by atoms with van der Waals surface area (Å²) in [7, 11) is 1.85. The van der Waals surface area contributed by atoms with Crippen molar-refractivity contribution in [1.82, 2.24) is 9.88 Å². The van der Waals surface area contributed by atoms with E-state index in [0.717, 1.165) is 12.8 Å². The number of furan rings is 1. The zero-order valence-corrected chi connectivity index (χ0v) is 16.6. The van der Waals surface area contributed by atoms with E-state index in [9.17, 15) is 9.59 Å². The SMILES string of the molecule is Cc1occc1C(=O)Nc1nc(CC(=O)N(C)[C@@H]2CCc3ccccc32)cs1. The molecular formula is C21H21N3O3S. The summed E-state index contributed by atoms with van der Waals surface area (Å²) in [5, 5.41) is 5.05. The number of nitrogens with one attached hydrogen (secondary N) is 1. The third kappa shape index (κ3) is 3.57. The summed E-state index contributed by atoms with van der Waals surface area (Å²) in [6, 6.07) is 10.0. The molecule has 7 heteroatoms. The third-order valence-corrected chi connectivity index (χ3v) is 5.98. The van der Waals surface area contributed by atoms with Crippen LogP contribution >= 0.6 is 11.3 Å². The number of rotatable bonds is 5. The van der Waals surface area contributed by atoms with Crippen LogP contribution in [0, 0.1) is 6.92 Å². The molecule has 4 rings (SSSR count). The molecule has 2 heterocycles. The number of carbonyl (C=O) groups excluding carboxylic acids is 2. The first kappa shape index (κ1) is 18.4. The standard InChI is InChI=1S/C21H21N3O3S/c1-13-16(9-10-27-13)20(26)23-21-22-15(12-28-21)11-19(25)24(2)18-8-7-14-5-3-4-6-17(14)18/h3-6,9-10,12,18H,7-8,11H2,1-2H3,(H,22,23,26)/t18-/m1/s1. The van der Waals surface area contributed by atoms with E-state index in [2.05, 4.69) is 22.4 Å². The van der Waals surface area contributed by atoms with Crippen molar-refractivity contribution in [1.29, 1.82) is 0 Å². The van der Waals surface area contributed by atoms with Crippen LogP contribution in [-0.4, -0.2) is 28.7 Å². The number of carbonyl (C=O) groups is 2. The Labute approximate surface area is 167 Å². The lowest BCUT2D eigenvalue weighted by molar-refractivity contribution is -0.131. The van der Waals surface area contributed by atoms with Gasteiger partial charge in [-0.3, -0.25) is 14.9 Å². The number of fused-ring (bicyclic) bond motifs is 1. The van der Waals surface area contributed by atoms with Crippen LogP contribution in [0.15, 0.2) is 46.4 Å². The van der Waals surface area contributed by atoms with Crippen molar-refractivity contribution < 1.29 is 14.0 Å². The third-order valence-electron chi connectivity index (χ3n) is 5.17. The Hall–Kier alpha value is -2.93. The van der Waals surface area contributed by atoms with Gasteiger partial charge < -0.3 is 9.32 Å². The minimum atomic E-state index is -0.266. The van der Waals surface area contributed by atoms with Crippen LogP contribution in [0.5, 0.6) is 0 Å². The summed E-state index contributed by atoms with van der Waals surface area (Å²) in [4.78, 5) is 31.2. The highest BCUT2D eigenvalue weighted by molar-refractivity contribution is 7.14. The number of thiazole rings is 1. The molecule has 2 aromatic heterocycles. The topological polar surface area (TPSA) is 75.4 Å². The average molecular weight is 395 g/mol. The van der Waals surface area contributed by atoms with Crippen LogP contribution in [0.4, 0.5) is 5.13 Å². The molecule has 0 aliphatic heterocycles. The van der Waals surface area contributed by atoms with Gasteiger partial charge >= 0.3 is 0 Å². The molecule has 28 heavy (non-hydrogen) atoms. The summed E-state index contributed by atoms with van der Waals surface area (Å²) in [5.74, 6) is 0.316. The molecule has 1 aromatic carbocycles. The van der Waals surface area contributed by atoms with Gasteiger partial charge in [0.1, 0.15) is 5.76 Å². The lowest BCUT2D eigenvalue weighted by Gasteiger charge is -2.25. The second-order valence-corrected chi connectivity index (χ2v) is 7.78. The fraction of sp³-hybridized carbons (Fsp3) is 0.286. The van der Waals surface area contributed by atoms with Gasteiger partial charge in [-0.2, -0.15) is 0 Å². The summed E-state index contributed by atoms with van der Waals surface area (Å²) in [6.45, 7) is 1.73. The molecule has 2 amide bonds. The number of amides is 2. The summed E-state index contributed by atoms with van der Waals surface area (Å²) in [5.41, 5.74) is 3.69. The number of aryl methyl sites for hydroxylation is 2. The number of aromatic nitrogens is 1. The second-order valence-electron chi connectivity index (χ2n) is 6.92. The van der Waals surface area contributed by atoms with Crippen LogP contribution < -0.4 is 5.32 Å². The smallest absolute Gasteiger partial charge is 0.260 e. The van der Waals surface area contributed by atoms with Crippen molar-refractivity contribution >= 4 is 28.3 Å². The number of nitrogens with zero attached hydrogens (tertiary/aromatic N) is 2. The molecule has 0 unspecified atom stereocenters. The molecule has 6 nitrogen and oxygen atoms in total. The molecule has 0 saturated carbocycles. The molecule has 0 radical (unpaired) electrons. The first-order chi connectivity index (χ1) is 13.5. The van der Waals surface area contributed by atoms with Crippen molar-refractivity contribution in [2.75, 3.05) is 12.4 Å². The Morgan fingerprint density at radius 2 is 2.14 bits per heavy atom. The monoisotopic (exact) mass is 395 g/mol. The fourth-order valence-electron chi connectivity index (χ4n) is 3.62. The summed E-state index contributed by atoms with van der Waals surface area (Å²) < 4.78 is 5.15. The normalized spacial score (nSPS) is 15.3. The maximum atomic E-state index is 12.8. The Morgan fingerprint density at radius 1 is 1.32 bits per heavy atom. The number of likely N-dealkylation sites (N-methyl/N-ethyl adjacent to an activating group) is 1. The van der Waals surface area contributed by atoms with Gasteiger partial charge in [-0.1, -0.05) is 24.3 Å². The Balaban J connectivity index is 1.39. The van der Waals surface area contributed by atoms with Crippen molar-refractivity contribution in [2.24, 2.45) is 0 Å². The summed E-state index contributed by atoms with van der Waals surface area (Å²) >= 11 is 1.31. The van der Waals surface area contributed by atoms with E-state index in [-0.39, 0.29) is 24.3 Å². The van der Waals surface area contributed by atoms with E-state index in [1.807, 2.05) is 29.5 Å². The van der Waals surface area contributed by atoms with E-state index >= 15 is 0 Å². The highest BCUT2D eigenvalue weighted by atomic mass is 32.1. The average Bonchev–Trinajstić information content (AvgIpc) is 3.41. The molecule has 1 aliphatic carbocycles. The zero-order chi connectivity index (χ0) is 19.7. The maximum absolute atomic E-state index is 12.8. The molecule has 1 aliphatic rings. The van der Waals surface area contributed by atoms with Crippen molar-refractivity contribution in [2.45, 2.75) is 32.2 Å². The summed E-state index contributed by atoms with van der Waals surface area (Å²) in [6.07, 6.45) is 3.64. The minimum Gasteiger partial charge on any atom is -0.469 e. The second kappa shape index (κ2) is 7.59. The molecule has 0 saturated heterocycles. The van der Waals surface area contributed by atoms with Gasteiger partial charge in [0.05, 0.1) is 30.0 Å². The Kier molecular flexibility index (Phi) is 5.00. The van der Waals surface area contributed by atoms with Gasteiger partial charge in [0.25, 0.3) is 5.91 Å². The molecule has 3 aromatic rings. The van der Waals surface area contributed by atoms with Gasteiger partial charge in [0.15, 0.2) is 5.13 Å². The number of hydrogen-bond acceptors (Lipinski definition) is 5. The lowest BCUT2D eigenvalue weighted by atomic mass is 10.1. The van der Waals surface area contributed by atoms with E-state index in [1.54, 1.807) is 13.0 Å². The van der Waals surface area contributed by atoms with Gasteiger partial charge in [-0.25, -0.2) is 4.98 Å². The van der Waals surface area contributed by atoms with Gasteiger partial charge in [-0.15, -0.1) is 11.3 Å². The largest absolute Gasteiger partial charge is 0.469 e. The highest BCUT2D eigenvalue weighted by Crippen LogP contribution is 2.35. The van der Waals surface area contributed by atoms with Crippen molar-refractivity contribution in [3.63, 3.8) is 0 Å². The van der Waals surface area contributed by atoms with E-state index in [1.165, 1.54) is 28.7 Å². The first-order valence-electron chi connectivity index (χ1n) is 9.16. The molecular weight excluding hydrogens is 374 g/mol. The molecule has 0 fully saturated rings. The van der Waals surface area contributed by atoms with Crippen LogP contribution in [0.2, 0.25) is 0 Å². The van der Waals surface area contributed by atoms with Crippen LogP contribution in [-0.2, 0) is 17.6 Å². The fourth-order valence-corrected chi connectivity index (χ4v) is 4.33. The maximum Gasteiger partial charge on any atom is 0.260 e. The number of benzene rings is 1. The lowest BCUT2D eigenvalue weighted by Crippen LogP contribution is -2.31. The quantitative estimate of drug-likeness (QED) is 0.709. The van der Waals surface area contributed by atoms with Gasteiger partial charge in [0, 0.05) is 12.4 Å². The van der Waals surface area contributed by atoms with E-state index in [4.69, 9.17) is 4.42 Å². The van der Waals surface area contributed by atoms with Crippen LogP contribution in [0.1, 0.15) is 45.4 Å². The molecule has 1 N–H and O–H groups in total. The van der Waals surface area contributed by atoms with Gasteiger partial charge in [0.2, 0.25) is 5.91 Å². The molecule has 1 atom stereocenters. The van der Waals surface area contributed by atoms with Crippen molar-refractivity contribution in [3.8, 4) is 0 Å². The predicted molar refractivity (Wildman–Crippen MR) is 107 cm³/mol. The van der Waals surface area contributed by atoms with Crippen LogP contribution in [0.25, 0.3) is 0 Å². The number of anilines is 1.